The van der Waals surface area contributed by atoms with Crippen molar-refractivity contribution in [3.05, 3.63) is 46.2 Å². The lowest BCUT2D eigenvalue weighted by Crippen LogP contribution is -2.27. The van der Waals surface area contributed by atoms with Crippen molar-refractivity contribution < 1.29 is 9.53 Å². The predicted molar refractivity (Wildman–Crippen MR) is 86.5 cm³/mol. The smallest absolute Gasteiger partial charge is 0.165 e. The number of carbonyl (C=O) groups excluding carboxylic acids is 1. The van der Waals surface area contributed by atoms with Crippen LogP contribution in [-0.2, 0) is 6.42 Å². The van der Waals surface area contributed by atoms with Gasteiger partial charge >= 0.3 is 0 Å². The van der Waals surface area contributed by atoms with Crippen LogP contribution in [0, 0.1) is 5.41 Å². The standard InChI is InChI=1S/C17H18BrNO2/c1-17(2)9-14-12(15(20)10-17)6-7-19(14)13-8-11(18)4-5-16(13)21-3/h4-8H,9-10H2,1-3H3. The molecule has 0 saturated heterocycles. The summed E-state index contributed by atoms with van der Waals surface area (Å²) >= 11 is 3.51. The topological polar surface area (TPSA) is 31.2 Å². The number of hydrogen-bond donors (Lipinski definition) is 0. The number of Topliss-reactive ketones (excluding diaryl/α,β-unsaturated/α-hetero) is 1. The molecule has 0 unspecified atom stereocenters. The molecule has 110 valence electrons. The van der Waals surface area contributed by atoms with Crippen molar-refractivity contribution in [1.29, 1.82) is 0 Å². The van der Waals surface area contributed by atoms with E-state index in [2.05, 4.69) is 34.3 Å². The van der Waals surface area contributed by atoms with Crippen LogP contribution in [0.5, 0.6) is 5.75 Å². The van der Waals surface area contributed by atoms with Gasteiger partial charge in [0.25, 0.3) is 0 Å². The lowest BCUT2D eigenvalue weighted by molar-refractivity contribution is 0.0911. The normalized spacial score (nSPS) is 16.7. The van der Waals surface area contributed by atoms with Crippen LogP contribution in [0.25, 0.3) is 5.69 Å². The number of nitrogens with zero attached hydrogens (tertiary/aromatic N) is 1. The molecule has 1 aliphatic carbocycles. The number of hydrogen-bond acceptors (Lipinski definition) is 2. The summed E-state index contributed by atoms with van der Waals surface area (Å²) in [4.78, 5) is 12.3. The number of fused-ring (bicyclic) bond motifs is 1. The van der Waals surface area contributed by atoms with Gasteiger partial charge in [0.2, 0.25) is 0 Å². The Kier molecular flexibility index (Phi) is 3.44. The molecule has 0 fully saturated rings. The second-order valence-electron chi connectivity index (χ2n) is 6.30. The maximum absolute atomic E-state index is 12.3. The first-order chi connectivity index (χ1) is 9.91. The Bertz CT molecular complexity index is 716. The molecule has 1 aliphatic rings. The summed E-state index contributed by atoms with van der Waals surface area (Å²) in [5.74, 6) is 1.03. The fourth-order valence-corrected chi connectivity index (χ4v) is 3.37. The van der Waals surface area contributed by atoms with Crippen molar-refractivity contribution in [2.75, 3.05) is 7.11 Å². The van der Waals surface area contributed by atoms with E-state index >= 15 is 0 Å². The number of benzene rings is 1. The van der Waals surface area contributed by atoms with Gasteiger partial charge in [0.15, 0.2) is 5.78 Å². The van der Waals surface area contributed by atoms with Crippen molar-refractivity contribution in [3.63, 3.8) is 0 Å². The van der Waals surface area contributed by atoms with Gasteiger partial charge in [-0.3, -0.25) is 4.79 Å². The molecule has 21 heavy (non-hydrogen) atoms. The third kappa shape index (κ3) is 2.53. The van der Waals surface area contributed by atoms with Gasteiger partial charge in [0.05, 0.1) is 12.8 Å². The van der Waals surface area contributed by atoms with E-state index in [0.29, 0.717) is 6.42 Å². The second kappa shape index (κ2) is 5.02. The van der Waals surface area contributed by atoms with Gasteiger partial charge in [-0.2, -0.15) is 0 Å². The molecule has 0 spiro atoms. The van der Waals surface area contributed by atoms with E-state index in [4.69, 9.17) is 4.74 Å². The first-order valence-corrected chi connectivity index (χ1v) is 7.78. The van der Waals surface area contributed by atoms with Gasteiger partial charge in [-0.15, -0.1) is 0 Å². The van der Waals surface area contributed by atoms with E-state index in [0.717, 1.165) is 33.6 Å². The number of halogens is 1. The molecular weight excluding hydrogens is 330 g/mol. The van der Waals surface area contributed by atoms with E-state index in [1.165, 1.54) is 0 Å². The van der Waals surface area contributed by atoms with Crippen molar-refractivity contribution >= 4 is 21.7 Å². The van der Waals surface area contributed by atoms with E-state index < -0.39 is 0 Å². The minimum absolute atomic E-state index is 0.000561. The highest BCUT2D eigenvalue weighted by Crippen LogP contribution is 2.38. The lowest BCUT2D eigenvalue weighted by Gasteiger charge is -2.30. The summed E-state index contributed by atoms with van der Waals surface area (Å²) in [5, 5.41) is 0. The van der Waals surface area contributed by atoms with Crippen LogP contribution in [0.2, 0.25) is 0 Å². The summed E-state index contributed by atoms with van der Waals surface area (Å²) in [6.07, 6.45) is 3.46. The molecule has 0 saturated carbocycles. The molecule has 3 nitrogen and oxygen atoms in total. The number of rotatable bonds is 2. The molecule has 1 aromatic heterocycles. The molecule has 4 heteroatoms. The fraction of sp³-hybridized carbons (Fsp3) is 0.353. The van der Waals surface area contributed by atoms with Crippen LogP contribution in [-0.4, -0.2) is 17.5 Å². The van der Waals surface area contributed by atoms with Gasteiger partial charge in [0.1, 0.15) is 5.75 Å². The highest BCUT2D eigenvalue weighted by Gasteiger charge is 2.33. The number of carbonyl (C=O) groups is 1. The number of ketones is 1. The fourth-order valence-electron chi connectivity index (χ4n) is 3.02. The summed E-state index contributed by atoms with van der Waals surface area (Å²) in [7, 11) is 1.66. The van der Waals surface area contributed by atoms with Crippen LogP contribution in [0.3, 0.4) is 0 Å². The maximum atomic E-state index is 12.3. The predicted octanol–water partition coefficient (Wildman–Crippen LogP) is 4.40. The molecule has 0 amide bonds. The third-order valence-electron chi connectivity index (χ3n) is 3.98. The van der Waals surface area contributed by atoms with Gasteiger partial charge in [-0.05, 0) is 36.1 Å². The molecule has 2 aromatic rings. The van der Waals surface area contributed by atoms with Crippen molar-refractivity contribution in [1.82, 2.24) is 4.57 Å². The second-order valence-corrected chi connectivity index (χ2v) is 7.22. The molecule has 0 atom stereocenters. The molecule has 0 radical (unpaired) electrons. The zero-order valence-corrected chi connectivity index (χ0v) is 14.0. The van der Waals surface area contributed by atoms with Gasteiger partial charge < -0.3 is 9.30 Å². The zero-order chi connectivity index (χ0) is 15.2. The largest absolute Gasteiger partial charge is 0.495 e. The molecule has 0 aliphatic heterocycles. The van der Waals surface area contributed by atoms with Crippen molar-refractivity contribution in [2.45, 2.75) is 26.7 Å². The quantitative estimate of drug-likeness (QED) is 0.805. The molecule has 1 aromatic carbocycles. The summed E-state index contributed by atoms with van der Waals surface area (Å²) in [6, 6.07) is 7.83. The Balaban J connectivity index is 2.18. The highest BCUT2D eigenvalue weighted by atomic mass is 79.9. The van der Waals surface area contributed by atoms with Gasteiger partial charge in [0, 0.05) is 28.3 Å². The molecule has 0 N–H and O–H groups in total. The van der Waals surface area contributed by atoms with Crippen molar-refractivity contribution in [3.8, 4) is 11.4 Å². The van der Waals surface area contributed by atoms with Crippen molar-refractivity contribution in [2.24, 2.45) is 5.41 Å². The summed E-state index contributed by atoms with van der Waals surface area (Å²) < 4.78 is 8.54. The molecular formula is C17H18BrNO2. The Morgan fingerprint density at radius 2 is 2.00 bits per heavy atom. The number of methoxy groups -OCH3 is 1. The van der Waals surface area contributed by atoms with Crippen LogP contribution < -0.4 is 4.74 Å². The van der Waals surface area contributed by atoms with E-state index in [1.54, 1.807) is 7.11 Å². The molecule has 0 bridgehead atoms. The summed E-state index contributed by atoms with van der Waals surface area (Å²) in [5.41, 5.74) is 2.88. The van der Waals surface area contributed by atoms with Crippen LogP contribution >= 0.6 is 15.9 Å². The Morgan fingerprint density at radius 1 is 1.24 bits per heavy atom. The zero-order valence-electron chi connectivity index (χ0n) is 12.4. The SMILES string of the molecule is COc1ccc(Br)cc1-n1ccc2c1CC(C)(C)CC2=O. The highest BCUT2D eigenvalue weighted by molar-refractivity contribution is 9.10. The monoisotopic (exact) mass is 347 g/mol. The van der Waals surface area contributed by atoms with E-state index in [1.807, 2.05) is 30.5 Å². The average Bonchev–Trinajstić information content (AvgIpc) is 2.80. The first-order valence-electron chi connectivity index (χ1n) is 6.99. The van der Waals surface area contributed by atoms with Crippen LogP contribution in [0.4, 0.5) is 0 Å². The minimum Gasteiger partial charge on any atom is -0.495 e. The number of aromatic nitrogens is 1. The Labute approximate surface area is 133 Å². The first kappa shape index (κ1) is 14.4. The molecule has 1 heterocycles. The van der Waals surface area contributed by atoms with Gasteiger partial charge in [-0.25, -0.2) is 0 Å². The van der Waals surface area contributed by atoms with Crippen LogP contribution in [0.1, 0.15) is 36.3 Å². The van der Waals surface area contributed by atoms with Crippen LogP contribution in [0.15, 0.2) is 34.9 Å². The third-order valence-corrected chi connectivity index (χ3v) is 4.47. The Morgan fingerprint density at radius 3 is 2.71 bits per heavy atom. The number of ether oxygens (including phenoxy) is 1. The maximum Gasteiger partial charge on any atom is 0.165 e. The van der Waals surface area contributed by atoms with Gasteiger partial charge in [-0.1, -0.05) is 29.8 Å². The summed E-state index contributed by atoms with van der Waals surface area (Å²) in [6.45, 7) is 4.28. The molecule has 3 rings (SSSR count). The Hall–Kier alpha value is -1.55. The minimum atomic E-state index is -0.000561. The van der Waals surface area contributed by atoms with E-state index in [9.17, 15) is 4.79 Å². The average molecular weight is 348 g/mol. The van der Waals surface area contributed by atoms with E-state index in [-0.39, 0.29) is 11.2 Å². The lowest BCUT2D eigenvalue weighted by atomic mass is 9.76.